The number of imide groups is 1. The van der Waals surface area contributed by atoms with Crippen LogP contribution in [-0.2, 0) is 4.79 Å². The molecule has 3 amide bonds. The highest BCUT2D eigenvalue weighted by Gasteiger charge is 2.32. The van der Waals surface area contributed by atoms with E-state index in [4.69, 9.17) is 4.98 Å². The molecule has 0 radical (unpaired) electrons. The number of aromatic nitrogens is 1. The van der Waals surface area contributed by atoms with Gasteiger partial charge in [0.05, 0.1) is 16.8 Å². The Balaban J connectivity index is 1.38. The smallest absolute Gasteiger partial charge is 0.321 e. The number of likely N-dealkylation sites (tertiary alicyclic amines) is 1. The van der Waals surface area contributed by atoms with E-state index in [1.54, 1.807) is 11.3 Å². The molecule has 2 aliphatic rings. The molecular weight excluding hydrogens is 360 g/mol. The Morgan fingerprint density at radius 1 is 1.11 bits per heavy atom. The molecule has 2 fully saturated rings. The predicted octanol–water partition coefficient (Wildman–Crippen LogP) is 2.17. The molecule has 6 nitrogen and oxygen atoms in total. The number of fused-ring (bicyclic) bond motifs is 1. The SMILES string of the molecule is O=C(C[NH+]1CCCC[C@H]1c1nc2ccccc2s1)NC(=O)NC1CCCC1. The van der Waals surface area contributed by atoms with Crippen molar-refractivity contribution in [2.75, 3.05) is 13.1 Å². The summed E-state index contributed by atoms with van der Waals surface area (Å²) in [4.78, 5) is 30.5. The highest BCUT2D eigenvalue weighted by molar-refractivity contribution is 7.18. The van der Waals surface area contributed by atoms with Gasteiger partial charge in [-0.3, -0.25) is 10.1 Å². The number of nitrogens with zero attached hydrogens (tertiary/aromatic N) is 1. The van der Waals surface area contributed by atoms with E-state index in [0.29, 0.717) is 6.54 Å². The Morgan fingerprint density at radius 2 is 1.89 bits per heavy atom. The number of hydrogen-bond donors (Lipinski definition) is 3. The maximum atomic E-state index is 12.4. The largest absolute Gasteiger partial charge is 0.335 e. The van der Waals surface area contributed by atoms with Crippen molar-refractivity contribution in [1.29, 1.82) is 0 Å². The molecule has 1 aromatic heterocycles. The summed E-state index contributed by atoms with van der Waals surface area (Å²) in [5.74, 6) is -0.200. The van der Waals surface area contributed by atoms with Crippen LogP contribution < -0.4 is 15.5 Å². The van der Waals surface area contributed by atoms with Crippen LogP contribution >= 0.6 is 11.3 Å². The minimum absolute atomic E-state index is 0.200. The van der Waals surface area contributed by atoms with Crippen molar-refractivity contribution in [1.82, 2.24) is 15.6 Å². The molecule has 1 saturated heterocycles. The van der Waals surface area contributed by atoms with Gasteiger partial charge in [0.25, 0.3) is 5.91 Å². The first kappa shape index (κ1) is 18.4. The molecule has 1 aliphatic carbocycles. The summed E-state index contributed by atoms with van der Waals surface area (Å²) in [6, 6.07) is 8.28. The zero-order chi connectivity index (χ0) is 18.6. The molecule has 1 saturated carbocycles. The van der Waals surface area contributed by atoms with Crippen LogP contribution in [0.5, 0.6) is 0 Å². The van der Waals surface area contributed by atoms with Gasteiger partial charge in [-0.25, -0.2) is 9.78 Å². The molecule has 1 aromatic carbocycles. The van der Waals surface area contributed by atoms with Gasteiger partial charge in [-0.05, 0) is 37.8 Å². The number of rotatable bonds is 4. The van der Waals surface area contributed by atoms with Gasteiger partial charge >= 0.3 is 6.03 Å². The van der Waals surface area contributed by atoms with Crippen molar-refractivity contribution in [2.24, 2.45) is 0 Å². The Morgan fingerprint density at radius 3 is 2.70 bits per heavy atom. The zero-order valence-corrected chi connectivity index (χ0v) is 16.3. The number of piperidine rings is 1. The molecule has 4 rings (SSSR count). The van der Waals surface area contributed by atoms with Gasteiger partial charge in [0, 0.05) is 12.5 Å². The fourth-order valence-corrected chi connectivity index (χ4v) is 5.46. The Hall–Kier alpha value is -1.99. The van der Waals surface area contributed by atoms with Gasteiger partial charge < -0.3 is 10.2 Å². The molecular formula is C20H27N4O2S+. The monoisotopic (exact) mass is 387 g/mol. The van der Waals surface area contributed by atoms with Gasteiger partial charge in [0.1, 0.15) is 6.04 Å². The average molecular weight is 388 g/mol. The number of nitrogens with one attached hydrogen (secondary N) is 3. The third-order valence-corrected chi connectivity index (χ3v) is 6.82. The van der Waals surface area contributed by atoms with Crippen molar-refractivity contribution in [3.63, 3.8) is 0 Å². The van der Waals surface area contributed by atoms with E-state index in [-0.39, 0.29) is 24.0 Å². The fraction of sp³-hybridized carbons (Fsp3) is 0.550. The highest BCUT2D eigenvalue weighted by atomic mass is 32.1. The second kappa shape index (κ2) is 8.35. The number of quaternary nitrogens is 1. The van der Waals surface area contributed by atoms with Crippen LogP contribution in [-0.4, -0.2) is 36.1 Å². The molecule has 2 aromatic rings. The van der Waals surface area contributed by atoms with Gasteiger partial charge in [-0.15, -0.1) is 11.3 Å². The van der Waals surface area contributed by atoms with Crippen LogP contribution in [0.1, 0.15) is 56.0 Å². The molecule has 0 spiro atoms. The number of carbonyl (C=O) groups is 2. The quantitative estimate of drug-likeness (QED) is 0.753. The van der Waals surface area contributed by atoms with Gasteiger partial charge in [0.2, 0.25) is 0 Å². The normalized spacial score (nSPS) is 23.4. The molecule has 1 aliphatic heterocycles. The van der Waals surface area contributed by atoms with E-state index in [9.17, 15) is 9.59 Å². The lowest BCUT2D eigenvalue weighted by Crippen LogP contribution is -3.14. The summed E-state index contributed by atoms with van der Waals surface area (Å²) in [7, 11) is 0. The van der Waals surface area contributed by atoms with Gasteiger partial charge in [0.15, 0.2) is 11.6 Å². The minimum atomic E-state index is -0.347. The van der Waals surface area contributed by atoms with Crippen molar-refractivity contribution in [2.45, 2.75) is 57.0 Å². The molecule has 1 unspecified atom stereocenters. The molecule has 0 bridgehead atoms. The summed E-state index contributed by atoms with van der Waals surface area (Å²) in [5, 5.41) is 6.55. The molecule has 144 valence electrons. The van der Waals surface area contributed by atoms with Crippen LogP contribution in [0.25, 0.3) is 10.2 Å². The summed E-state index contributed by atoms with van der Waals surface area (Å²) < 4.78 is 1.19. The van der Waals surface area contributed by atoms with E-state index < -0.39 is 0 Å². The minimum Gasteiger partial charge on any atom is -0.335 e. The second-order valence-electron chi connectivity index (χ2n) is 7.66. The lowest BCUT2D eigenvalue weighted by Gasteiger charge is -2.30. The average Bonchev–Trinajstić information content (AvgIpc) is 3.31. The number of thiazole rings is 1. The Kier molecular flexibility index (Phi) is 5.69. The third-order valence-electron chi connectivity index (χ3n) is 5.67. The lowest BCUT2D eigenvalue weighted by atomic mass is 10.0. The van der Waals surface area contributed by atoms with E-state index in [1.165, 1.54) is 9.60 Å². The van der Waals surface area contributed by atoms with Gasteiger partial charge in [-0.2, -0.15) is 0 Å². The summed E-state index contributed by atoms with van der Waals surface area (Å²) in [5.41, 5.74) is 1.03. The van der Waals surface area contributed by atoms with Crippen LogP contribution in [0.4, 0.5) is 4.79 Å². The van der Waals surface area contributed by atoms with E-state index in [0.717, 1.165) is 62.0 Å². The fourth-order valence-electron chi connectivity index (χ4n) is 4.30. The van der Waals surface area contributed by atoms with Crippen LogP contribution in [0, 0.1) is 0 Å². The summed E-state index contributed by atoms with van der Waals surface area (Å²) in [6.07, 6.45) is 7.64. The van der Waals surface area contributed by atoms with Crippen LogP contribution in [0.2, 0.25) is 0 Å². The first-order chi connectivity index (χ1) is 13.2. The highest BCUT2D eigenvalue weighted by Crippen LogP contribution is 2.28. The molecule has 2 atom stereocenters. The zero-order valence-electron chi connectivity index (χ0n) is 15.5. The van der Waals surface area contributed by atoms with E-state index >= 15 is 0 Å². The number of hydrogen-bond acceptors (Lipinski definition) is 4. The summed E-state index contributed by atoms with van der Waals surface area (Å²) in [6.45, 7) is 1.26. The number of para-hydroxylation sites is 1. The second-order valence-corrected chi connectivity index (χ2v) is 8.72. The van der Waals surface area contributed by atoms with Gasteiger partial charge in [-0.1, -0.05) is 25.0 Å². The Bertz CT molecular complexity index is 782. The lowest BCUT2D eigenvalue weighted by molar-refractivity contribution is -0.929. The van der Waals surface area contributed by atoms with E-state index in [1.807, 2.05) is 18.2 Å². The first-order valence-corrected chi connectivity index (χ1v) is 10.8. The molecule has 2 heterocycles. The number of carbonyl (C=O) groups excluding carboxylic acids is 2. The number of benzene rings is 1. The molecule has 3 N–H and O–H groups in total. The van der Waals surface area contributed by atoms with Crippen LogP contribution in [0.3, 0.4) is 0 Å². The van der Waals surface area contributed by atoms with Crippen LogP contribution in [0.15, 0.2) is 24.3 Å². The standard InChI is InChI=1S/C20H26N4O2S/c25-18(23-20(26)21-14-7-1-2-8-14)13-24-12-6-5-10-16(24)19-22-15-9-3-4-11-17(15)27-19/h3-4,9,11,14,16H,1-2,5-8,10,12-13H2,(H2,21,23,25,26)/p+1/t16-/m0/s1. The third kappa shape index (κ3) is 4.47. The number of urea groups is 1. The predicted molar refractivity (Wildman–Crippen MR) is 106 cm³/mol. The number of amides is 3. The first-order valence-electron chi connectivity index (χ1n) is 9.99. The summed E-state index contributed by atoms with van der Waals surface area (Å²) >= 11 is 1.73. The molecule has 7 heteroatoms. The van der Waals surface area contributed by atoms with Crippen molar-refractivity contribution in [3.05, 3.63) is 29.3 Å². The van der Waals surface area contributed by atoms with Crippen molar-refractivity contribution in [3.8, 4) is 0 Å². The topological polar surface area (TPSA) is 75.5 Å². The molecule has 27 heavy (non-hydrogen) atoms. The maximum absolute atomic E-state index is 12.4. The maximum Gasteiger partial charge on any atom is 0.321 e. The van der Waals surface area contributed by atoms with Crippen molar-refractivity contribution < 1.29 is 14.5 Å². The van der Waals surface area contributed by atoms with E-state index in [2.05, 4.69) is 16.7 Å². The van der Waals surface area contributed by atoms with Crippen molar-refractivity contribution >= 4 is 33.5 Å². The Labute approximate surface area is 163 Å².